The standard InChI is InChI=1S/C14H13BrN4O2/c1-9-14(15)13(17(2)16-9)8-18-7-6-10-11(18)4-3-5-12(10)19(20)21/h3-7H,8H2,1-2H3. The zero-order chi connectivity index (χ0) is 15.1. The third-order valence-electron chi connectivity index (χ3n) is 3.57. The summed E-state index contributed by atoms with van der Waals surface area (Å²) in [6.45, 7) is 2.54. The third kappa shape index (κ3) is 2.23. The highest BCUT2D eigenvalue weighted by molar-refractivity contribution is 9.10. The molecule has 3 rings (SSSR count). The van der Waals surface area contributed by atoms with E-state index >= 15 is 0 Å². The average molecular weight is 349 g/mol. The Kier molecular flexibility index (Phi) is 3.29. The molecule has 3 aromatic rings. The van der Waals surface area contributed by atoms with Crippen LogP contribution in [0.2, 0.25) is 0 Å². The summed E-state index contributed by atoms with van der Waals surface area (Å²) >= 11 is 3.54. The van der Waals surface area contributed by atoms with Gasteiger partial charge in [0.2, 0.25) is 0 Å². The number of benzene rings is 1. The minimum absolute atomic E-state index is 0.131. The van der Waals surface area contributed by atoms with Crippen molar-refractivity contribution in [3.8, 4) is 0 Å². The number of nitrogens with zero attached hydrogens (tertiary/aromatic N) is 4. The molecule has 0 N–H and O–H groups in total. The second-order valence-electron chi connectivity index (χ2n) is 4.88. The van der Waals surface area contributed by atoms with E-state index in [4.69, 9.17) is 0 Å². The molecule has 0 aliphatic heterocycles. The van der Waals surface area contributed by atoms with Gasteiger partial charge in [0.05, 0.1) is 38.2 Å². The molecule has 0 aliphatic carbocycles. The van der Waals surface area contributed by atoms with Crippen molar-refractivity contribution in [3.05, 3.63) is 56.4 Å². The number of aryl methyl sites for hydroxylation is 2. The van der Waals surface area contributed by atoms with Crippen LogP contribution in [0.1, 0.15) is 11.4 Å². The molecule has 0 aliphatic rings. The number of hydrogen-bond donors (Lipinski definition) is 0. The van der Waals surface area contributed by atoms with E-state index in [1.54, 1.807) is 12.1 Å². The van der Waals surface area contributed by atoms with Gasteiger partial charge in [-0.25, -0.2) is 0 Å². The summed E-state index contributed by atoms with van der Waals surface area (Å²) in [5.41, 5.74) is 2.92. The number of rotatable bonds is 3. The van der Waals surface area contributed by atoms with Gasteiger partial charge in [0.25, 0.3) is 5.69 Å². The Morgan fingerprint density at radius 2 is 2.14 bits per heavy atom. The van der Waals surface area contributed by atoms with Crippen molar-refractivity contribution in [2.24, 2.45) is 7.05 Å². The highest BCUT2D eigenvalue weighted by Crippen LogP contribution is 2.28. The highest BCUT2D eigenvalue weighted by Gasteiger charge is 2.16. The van der Waals surface area contributed by atoms with Crippen molar-refractivity contribution in [2.45, 2.75) is 13.5 Å². The minimum atomic E-state index is -0.350. The molecule has 0 saturated heterocycles. The lowest BCUT2D eigenvalue weighted by atomic mass is 10.2. The van der Waals surface area contributed by atoms with Gasteiger partial charge in [-0.1, -0.05) is 6.07 Å². The van der Waals surface area contributed by atoms with E-state index in [2.05, 4.69) is 21.0 Å². The summed E-state index contributed by atoms with van der Waals surface area (Å²) in [4.78, 5) is 10.7. The van der Waals surface area contributed by atoms with Gasteiger partial charge in [-0.3, -0.25) is 14.8 Å². The van der Waals surface area contributed by atoms with Crippen molar-refractivity contribution in [1.29, 1.82) is 0 Å². The number of fused-ring (bicyclic) bond motifs is 1. The predicted octanol–water partition coefficient (Wildman–Crippen LogP) is 3.40. The van der Waals surface area contributed by atoms with Crippen LogP contribution >= 0.6 is 15.9 Å². The normalized spacial score (nSPS) is 11.2. The summed E-state index contributed by atoms with van der Waals surface area (Å²) in [6.07, 6.45) is 1.87. The lowest BCUT2D eigenvalue weighted by molar-refractivity contribution is -0.383. The third-order valence-corrected chi connectivity index (χ3v) is 4.60. The maximum absolute atomic E-state index is 11.1. The largest absolute Gasteiger partial charge is 0.341 e. The van der Waals surface area contributed by atoms with Gasteiger partial charge >= 0.3 is 0 Å². The van der Waals surface area contributed by atoms with Crippen LogP contribution in [0.15, 0.2) is 34.9 Å². The van der Waals surface area contributed by atoms with E-state index in [1.165, 1.54) is 6.07 Å². The molecule has 0 bridgehead atoms. The van der Waals surface area contributed by atoms with Crippen LogP contribution in [-0.2, 0) is 13.6 Å². The summed E-state index contributed by atoms with van der Waals surface area (Å²) < 4.78 is 4.78. The summed E-state index contributed by atoms with van der Waals surface area (Å²) in [5.74, 6) is 0. The molecule has 0 amide bonds. The van der Waals surface area contributed by atoms with Crippen LogP contribution in [0.4, 0.5) is 5.69 Å². The van der Waals surface area contributed by atoms with E-state index in [1.807, 2.05) is 35.5 Å². The molecule has 0 radical (unpaired) electrons. The lowest BCUT2D eigenvalue weighted by Crippen LogP contribution is -2.05. The average Bonchev–Trinajstić information content (AvgIpc) is 2.95. The topological polar surface area (TPSA) is 65.9 Å². The minimum Gasteiger partial charge on any atom is -0.341 e. The van der Waals surface area contributed by atoms with Gasteiger partial charge in [0.15, 0.2) is 0 Å². The van der Waals surface area contributed by atoms with E-state index in [9.17, 15) is 10.1 Å². The van der Waals surface area contributed by atoms with Crippen molar-refractivity contribution in [2.75, 3.05) is 0 Å². The van der Waals surface area contributed by atoms with E-state index in [0.717, 1.165) is 21.4 Å². The lowest BCUT2D eigenvalue weighted by Gasteiger charge is -2.07. The molecule has 6 nitrogen and oxygen atoms in total. The number of nitro groups is 1. The fourth-order valence-electron chi connectivity index (χ4n) is 2.52. The van der Waals surface area contributed by atoms with Crippen molar-refractivity contribution >= 4 is 32.5 Å². The van der Waals surface area contributed by atoms with Gasteiger partial charge in [0.1, 0.15) is 0 Å². The number of non-ortho nitro benzene ring substituents is 1. The Hall–Kier alpha value is -2.15. The van der Waals surface area contributed by atoms with Crippen LogP contribution in [0.3, 0.4) is 0 Å². The fourth-order valence-corrected chi connectivity index (χ4v) is 2.98. The predicted molar refractivity (Wildman–Crippen MR) is 83.3 cm³/mol. The zero-order valence-electron chi connectivity index (χ0n) is 11.6. The SMILES string of the molecule is Cc1nn(C)c(Cn2ccc3c([N+](=O)[O-])cccc32)c1Br. The first kappa shape index (κ1) is 13.8. The molecular weight excluding hydrogens is 336 g/mol. The molecule has 0 fully saturated rings. The highest BCUT2D eigenvalue weighted by atomic mass is 79.9. The quantitative estimate of drug-likeness (QED) is 0.538. The van der Waals surface area contributed by atoms with E-state index < -0.39 is 0 Å². The van der Waals surface area contributed by atoms with Crippen LogP contribution in [0.25, 0.3) is 10.9 Å². The molecule has 0 saturated carbocycles. The second-order valence-corrected chi connectivity index (χ2v) is 5.67. The van der Waals surface area contributed by atoms with E-state index in [0.29, 0.717) is 11.9 Å². The first-order valence-corrected chi connectivity index (χ1v) is 7.18. The molecule has 108 valence electrons. The monoisotopic (exact) mass is 348 g/mol. The Morgan fingerprint density at radius 1 is 1.38 bits per heavy atom. The fraction of sp³-hybridized carbons (Fsp3) is 0.214. The van der Waals surface area contributed by atoms with E-state index in [-0.39, 0.29) is 10.6 Å². The molecule has 2 aromatic heterocycles. The van der Waals surface area contributed by atoms with Crippen LogP contribution in [-0.4, -0.2) is 19.3 Å². The van der Waals surface area contributed by atoms with Gasteiger partial charge < -0.3 is 4.57 Å². The Labute approximate surface area is 129 Å². The van der Waals surface area contributed by atoms with Gasteiger partial charge in [-0.05, 0) is 35.0 Å². The number of hydrogen-bond acceptors (Lipinski definition) is 3. The first-order chi connectivity index (χ1) is 9.99. The Bertz CT molecular complexity index is 850. The summed E-state index contributed by atoms with van der Waals surface area (Å²) in [5, 5.41) is 16.1. The second kappa shape index (κ2) is 5.00. The Morgan fingerprint density at radius 3 is 2.76 bits per heavy atom. The summed E-state index contributed by atoms with van der Waals surface area (Å²) in [6, 6.07) is 6.90. The molecule has 2 heterocycles. The smallest absolute Gasteiger partial charge is 0.278 e. The maximum Gasteiger partial charge on any atom is 0.278 e. The van der Waals surface area contributed by atoms with Crippen molar-refractivity contribution in [1.82, 2.24) is 14.3 Å². The van der Waals surface area contributed by atoms with Crippen LogP contribution in [0, 0.1) is 17.0 Å². The molecule has 1 aromatic carbocycles. The molecule has 21 heavy (non-hydrogen) atoms. The van der Waals surface area contributed by atoms with Crippen molar-refractivity contribution in [3.63, 3.8) is 0 Å². The number of halogens is 1. The molecular formula is C14H13BrN4O2. The van der Waals surface area contributed by atoms with Gasteiger partial charge in [0, 0.05) is 19.3 Å². The molecule has 0 unspecified atom stereocenters. The number of nitro benzene ring substituents is 1. The first-order valence-electron chi connectivity index (χ1n) is 6.39. The Balaban J connectivity index is 2.10. The van der Waals surface area contributed by atoms with Crippen molar-refractivity contribution < 1.29 is 4.92 Å². The maximum atomic E-state index is 11.1. The van der Waals surface area contributed by atoms with Crippen LogP contribution < -0.4 is 0 Å². The zero-order valence-corrected chi connectivity index (χ0v) is 13.2. The number of aromatic nitrogens is 3. The van der Waals surface area contributed by atoms with Crippen LogP contribution in [0.5, 0.6) is 0 Å². The van der Waals surface area contributed by atoms with Gasteiger partial charge in [-0.15, -0.1) is 0 Å². The molecule has 0 atom stereocenters. The van der Waals surface area contributed by atoms with Gasteiger partial charge in [-0.2, -0.15) is 5.10 Å². The summed E-state index contributed by atoms with van der Waals surface area (Å²) in [7, 11) is 1.89. The molecule has 0 spiro atoms. The molecule has 7 heteroatoms.